The lowest BCUT2D eigenvalue weighted by molar-refractivity contribution is 0.0952. The van der Waals surface area contributed by atoms with Gasteiger partial charge in [0, 0.05) is 18.7 Å². The molecule has 0 bridgehead atoms. The van der Waals surface area contributed by atoms with E-state index in [1.165, 1.54) is 0 Å². The summed E-state index contributed by atoms with van der Waals surface area (Å²) in [5, 5.41) is 11.1. The van der Waals surface area contributed by atoms with Gasteiger partial charge in [-0.25, -0.2) is 5.48 Å². The lowest BCUT2D eigenvalue weighted by Crippen LogP contribution is -2.25. The molecule has 0 saturated heterocycles. The Morgan fingerprint density at radius 2 is 1.80 bits per heavy atom. The van der Waals surface area contributed by atoms with E-state index < -0.39 is 0 Å². The molecule has 0 heterocycles. The van der Waals surface area contributed by atoms with E-state index in [0.29, 0.717) is 18.7 Å². The van der Waals surface area contributed by atoms with Gasteiger partial charge in [-0.3, -0.25) is 4.79 Å². The van der Waals surface area contributed by atoms with Gasteiger partial charge in [-0.1, -0.05) is 18.2 Å². The predicted molar refractivity (Wildman–Crippen MR) is 57.8 cm³/mol. The van der Waals surface area contributed by atoms with Crippen molar-refractivity contribution in [2.45, 2.75) is 12.8 Å². The quantitative estimate of drug-likeness (QED) is 0.486. The highest BCUT2D eigenvalue weighted by atomic mass is 16.5. The summed E-state index contributed by atoms with van der Waals surface area (Å²) in [6.07, 6.45) is 1.69. The predicted octanol–water partition coefficient (Wildman–Crippen LogP) is 1.18. The maximum Gasteiger partial charge on any atom is 0.251 e. The topological polar surface area (TPSA) is 61.4 Å². The zero-order valence-corrected chi connectivity index (χ0v) is 8.57. The number of hydrogen-bond acceptors (Lipinski definition) is 3. The molecule has 1 aromatic rings. The highest BCUT2D eigenvalue weighted by Crippen LogP contribution is 1.97. The van der Waals surface area contributed by atoms with E-state index >= 15 is 0 Å². The molecule has 0 aliphatic rings. The van der Waals surface area contributed by atoms with Crippen LogP contribution in [0.5, 0.6) is 0 Å². The van der Waals surface area contributed by atoms with Crippen LogP contribution < -0.4 is 10.8 Å². The molecule has 0 atom stereocenters. The van der Waals surface area contributed by atoms with Crippen LogP contribution in [0.3, 0.4) is 0 Å². The second kappa shape index (κ2) is 6.98. The summed E-state index contributed by atoms with van der Waals surface area (Å²) < 4.78 is 0. The summed E-state index contributed by atoms with van der Waals surface area (Å²) in [4.78, 5) is 11.5. The Bertz CT molecular complexity index is 288. The molecule has 4 heteroatoms. The third kappa shape index (κ3) is 4.58. The van der Waals surface area contributed by atoms with E-state index in [1.54, 1.807) is 12.1 Å². The Morgan fingerprint density at radius 3 is 2.47 bits per heavy atom. The van der Waals surface area contributed by atoms with Gasteiger partial charge in [-0.15, -0.1) is 0 Å². The summed E-state index contributed by atoms with van der Waals surface area (Å²) >= 11 is 0. The van der Waals surface area contributed by atoms with Crippen molar-refractivity contribution >= 4 is 5.91 Å². The Labute approximate surface area is 89.3 Å². The van der Waals surface area contributed by atoms with Crippen molar-refractivity contribution in [3.05, 3.63) is 35.9 Å². The molecule has 0 aliphatic carbocycles. The molecule has 1 rings (SSSR count). The van der Waals surface area contributed by atoms with Gasteiger partial charge in [0.15, 0.2) is 0 Å². The van der Waals surface area contributed by atoms with Gasteiger partial charge < -0.3 is 10.5 Å². The van der Waals surface area contributed by atoms with E-state index in [0.717, 1.165) is 12.8 Å². The molecular formula is C11H16N2O2. The maximum atomic E-state index is 11.5. The molecule has 0 radical (unpaired) electrons. The molecule has 0 saturated carbocycles. The van der Waals surface area contributed by atoms with E-state index in [9.17, 15) is 4.79 Å². The van der Waals surface area contributed by atoms with Crippen molar-refractivity contribution in [2.24, 2.45) is 0 Å². The fourth-order valence-electron chi connectivity index (χ4n) is 1.22. The number of nitrogens with one attached hydrogen (secondary N) is 2. The molecule has 15 heavy (non-hydrogen) atoms. The van der Waals surface area contributed by atoms with E-state index in [4.69, 9.17) is 5.21 Å². The van der Waals surface area contributed by atoms with Crippen molar-refractivity contribution in [1.29, 1.82) is 0 Å². The minimum Gasteiger partial charge on any atom is -0.352 e. The highest BCUT2D eigenvalue weighted by Gasteiger charge is 2.01. The van der Waals surface area contributed by atoms with Crippen molar-refractivity contribution in [3.63, 3.8) is 0 Å². The number of carbonyl (C=O) groups is 1. The number of rotatable bonds is 6. The molecule has 0 spiro atoms. The monoisotopic (exact) mass is 208 g/mol. The summed E-state index contributed by atoms with van der Waals surface area (Å²) in [7, 11) is 0. The van der Waals surface area contributed by atoms with Crippen LogP contribution >= 0.6 is 0 Å². The molecule has 0 unspecified atom stereocenters. The molecule has 0 aromatic heterocycles. The number of unbranched alkanes of at least 4 members (excludes halogenated alkanes) is 1. The number of carbonyl (C=O) groups excluding carboxylic acids is 1. The van der Waals surface area contributed by atoms with Crippen LogP contribution in [0.2, 0.25) is 0 Å². The third-order valence-electron chi connectivity index (χ3n) is 2.04. The van der Waals surface area contributed by atoms with E-state index in [-0.39, 0.29) is 5.91 Å². The van der Waals surface area contributed by atoms with Crippen molar-refractivity contribution in [2.75, 3.05) is 13.1 Å². The number of hydrogen-bond donors (Lipinski definition) is 3. The van der Waals surface area contributed by atoms with Crippen LogP contribution in [0.15, 0.2) is 30.3 Å². The van der Waals surface area contributed by atoms with Gasteiger partial charge >= 0.3 is 0 Å². The molecule has 0 fully saturated rings. The standard InChI is InChI=1S/C11H16N2O2/c14-11(10-6-2-1-3-7-10)12-8-4-5-9-13-15/h1-3,6-7,13,15H,4-5,8-9H2,(H,12,14). The smallest absolute Gasteiger partial charge is 0.251 e. The minimum absolute atomic E-state index is 0.0486. The Hall–Kier alpha value is -1.39. The highest BCUT2D eigenvalue weighted by molar-refractivity contribution is 5.94. The first kappa shape index (κ1) is 11.7. The zero-order valence-electron chi connectivity index (χ0n) is 8.57. The van der Waals surface area contributed by atoms with Crippen LogP contribution in [0, 0.1) is 0 Å². The molecule has 4 nitrogen and oxygen atoms in total. The largest absolute Gasteiger partial charge is 0.352 e. The van der Waals surface area contributed by atoms with Gasteiger partial charge in [-0.2, -0.15) is 0 Å². The summed E-state index contributed by atoms with van der Waals surface area (Å²) in [5.74, 6) is -0.0486. The van der Waals surface area contributed by atoms with Gasteiger partial charge in [0.25, 0.3) is 5.91 Å². The fourth-order valence-corrected chi connectivity index (χ4v) is 1.22. The SMILES string of the molecule is O=C(NCCCCNO)c1ccccc1. The fraction of sp³-hybridized carbons (Fsp3) is 0.364. The number of amides is 1. The normalized spacial score (nSPS) is 9.93. The number of hydroxylamine groups is 1. The summed E-state index contributed by atoms with van der Waals surface area (Å²) in [6.45, 7) is 1.19. The van der Waals surface area contributed by atoms with Gasteiger partial charge in [0.05, 0.1) is 0 Å². The molecule has 1 aromatic carbocycles. The summed E-state index contributed by atoms with van der Waals surface area (Å²) in [6, 6.07) is 9.12. The third-order valence-corrected chi connectivity index (χ3v) is 2.04. The molecule has 1 amide bonds. The van der Waals surface area contributed by atoms with Crippen LogP contribution in [-0.4, -0.2) is 24.2 Å². The van der Waals surface area contributed by atoms with Crippen molar-refractivity contribution in [3.8, 4) is 0 Å². The average Bonchev–Trinajstić information content (AvgIpc) is 2.30. The molecular weight excluding hydrogens is 192 g/mol. The van der Waals surface area contributed by atoms with E-state index in [2.05, 4.69) is 10.8 Å². The second-order valence-corrected chi connectivity index (χ2v) is 3.24. The Balaban J connectivity index is 2.20. The van der Waals surface area contributed by atoms with Crippen LogP contribution in [0.4, 0.5) is 0 Å². The molecule has 0 aliphatic heterocycles. The minimum atomic E-state index is -0.0486. The molecule has 3 N–H and O–H groups in total. The Kier molecular flexibility index (Phi) is 5.43. The summed E-state index contributed by atoms with van der Waals surface area (Å²) in [5.41, 5.74) is 2.75. The lowest BCUT2D eigenvalue weighted by Gasteiger charge is -2.04. The molecule has 82 valence electrons. The first-order valence-electron chi connectivity index (χ1n) is 5.05. The van der Waals surface area contributed by atoms with Crippen molar-refractivity contribution in [1.82, 2.24) is 10.8 Å². The Morgan fingerprint density at radius 1 is 1.13 bits per heavy atom. The zero-order chi connectivity index (χ0) is 10.9. The first-order valence-corrected chi connectivity index (χ1v) is 5.05. The number of benzene rings is 1. The lowest BCUT2D eigenvalue weighted by atomic mass is 10.2. The van der Waals surface area contributed by atoms with Crippen LogP contribution in [-0.2, 0) is 0 Å². The first-order chi connectivity index (χ1) is 7.34. The average molecular weight is 208 g/mol. The van der Waals surface area contributed by atoms with Gasteiger partial charge in [-0.05, 0) is 25.0 Å². The maximum absolute atomic E-state index is 11.5. The van der Waals surface area contributed by atoms with Crippen LogP contribution in [0.25, 0.3) is 0 Å². The van der Waals surface area contributed by atoms with E-state index in [1.807, 2.05) is 18.2 Å². The second-order valence-electron chi connectivity index (χ2n) is 3.24. The van der Waals surface area contributed by atoms with Crippen LogP contribution in [0.1, 0.15) is 23.2 Å². The van der Waals surface area contributed by atoms with Gasteiger partial charge in [0.2, 0.25) is 0 Å². The van der Waals surface area contributed by atoms with Crippen molar-refractivity contribution < 1.29 is 10.0 Å². The van der Waals surface area contributed by atoms with Gasteiger partial charge in [0.1, 0.15) is 0 Å².